The standard InChI is InChI=1S/C7H13NOS/c8-6-2-1-5(4-9)3-7(6)10/h5,9-10H,1-4,8H2. The van der Waals surface area contributed by atoms with Crippen molar-refractivity contribution in [2.45, 2.75) is 19.3 Å². The monoisotopic (exact) mass is 159 g/mol. The van der Waals surface area contributed by atoms with Crippen molar-refractivity contribution in [3.63, 3.8) is 0 Å². The second kappa shape index (κ2) is 3.30. The molecule has 58 valence electrons. The van der Waals surface area contributed by atoms with E-state index in [9.17, 15) is 0 Å². The summed E-state index contributed by atoms with van der Waals surface area (Å²) in [5.41, 5.74) is 6.51. The van der Waals surface area contributed by atoms with E-state index in [0.717, 1.165) is 29.9 Å². The van der Waals surface area contributed by atoms with Gasteiger partial charge < -0.3 is 10.8 Å². The highest BCUT2D eigenvalue weighted by molar-refractivity contribution is 7.84. The molecular weight excluding hydrogens is 146 g/mol. The Labute approximate surface area is 66.5 Å². The van der Waals surface area contributed by atoms with Gasteiger partial charge in [-0.15, -0.1) is 12.6 Å². The Kier molecular flexibility index (Phi) is 2.63. The molecule has 3 heteroatoms. The molecule has 1 aliphatic carbocycles. The van der Waals surface area contributed by atoms with Crippen molar-refractivity contribution in [2.24, 2.45) is 11.7 Å². The zero-order chi connectivity index (χ0) is 7.56. The number of aliphatic hydroxyl groups excluding tert-OH is 1. The van der Waals surface area contributed by atoms with Crippen molar-refractivity contribution >= 4 is 12.6 Å². The Bertz CT molecular complexity index is 156. The number of allylic oxidation sites excluding steroid dienone is 2. The zero-order valence-electron chi connectivity index (χ0n) is 5.88. The molecular formula is C7H13NOS. The van der Waals surface area contributed by atoms with Crippen LogP contribution in [0.15, 0.2) is 10.6 Å². The van der Waals surface area contributed by atoms with E-state index < -0.39 is 0 Å². The minimum Gasteiger partial charge on any atom is -0.401 e. The van der Waals surface area contributed by atoms with Crippen LogP contribution in [0.1, 0.15) is 19.3 Å². The predicted molar refractivity (Wildman–Crippen MR) is 44.6 cm³/mol. The van der Waals surface area contributed by atoms with E-state index in [0.29, 0.717) is 5.92 Å². The maximum atomic E-state index is 8.80. The van der Waals surface area contributed by atoms with Gasteiger partial charge in [0, 0.05) is 17.2 Å². The summed E-state index contributed by atoms with van der Waals surface area (Å²) in [6.45, 7) is 0.261. The SMILES string of the molecule is NC1=C(S)CC(CO)CC1. The molecule has 1 atom stereocenters. The third kappa shape index (κ3) is 1.67. The van der Waals surface area contributed by atoms with Gasteiger partial charge in [0.25, 0.3) is 0 Å². The van der Waals surface area contributed by atoms with Crippen LogP contribution in [0.2, 0.25) is 0 Å². The Morgan fingerprint density at radius 3 is 2.90 bits per heavy atom. The molecule has 0 fully saturated rings. The number of hydrogen-bond acceptors (Lipinski definition) is 3. The van der Waals surface area contributed by atoms with E-state index in [2.05, 4.69) is 12.6 Å². The topological polar surface area (TPSA) is 46.2 Å². The van der Waals surface area contributed by atoms with Crippen LogP contribution in [0.4, 0.5) is 0 Å². The van der Waals surface area contributed by atoms with Gasteiger partial charge >= 0.3 is 0 Å². The molecule has 1 unspecified atom stereocenters. The lowest BCUT2D eigenvalue weighted by atomic mass is 9.93. The molecule has 0 bridgehead atoms. The summed E-state index contributed by atoms with van der Waals surface area (Å²) in [6, 6.07) is 0. The Hall–Kier alpha value is -0.150. The van der Waals surface area contributed by atoms with Crippen LogP contribution >= 0.6 is 12.6 Å². The zero-order valence-corrected chi connectivity index (χ0v) is 6.77. The van der Waals surface area contributed by atoms with Gasteiger partial charge in [-0.3, -0.25) is 0 Å². The van der Waals surface area contributed by atoms with E-state index in [1.165, 1.54) is 0 Å². The largest absolute Gasteiger partial charge is 0.401 e. The summed E-state index contributed by atoms with van der Waals surface area (Å²) in [6.07, 6.45) is 2.75. The molecule has 0 spiro atoms. The fraction of sp³-hybridized carbons (Fsp3) is 0.714. The molecule has 0 radical (unpaired) electrons. The maximum Gasteiger partial charge on any atom is 0.0462 e. The van der Waals surface area contributed by atoms with E-state index in [-0.39, 0.29) is 6.61 Å². The van der Waals surface area contributed by atoms with E-state index >= 15 is 0 Å². The fourth-order valence-corrected chi connectivity index (χ4v) is 1.54. The van der Waals surface area contributed by atoms with Gasteiger partial charge in [-0.2, -0.15) is 0 Å². The van der Waals surface area contributed by atoms with Gasteiger partial charge in [-0.1, -0.05) is 0 Å². The molecule has 0 aliphatic heterocycles. The van der Waals surface area contributed by atoms with Gasteiger partial charge in [0.05, 0.1) is 0 Å². The van der Waals surface area contributed by atoms with Crippen molar-refractivity contribution in [1.82, 2.24) is 0 Å². The molecule has 10 heavy (non-hydrogen) atoms. The number of hydrogen-bond donors (Lipinski definition) is 3. The van der Waals surface area contributed by atoms with E-state index in [1.807, 2.05) is 0 Å². The second-order valence-electron chi connectivity index (χ2n) is 2.76. The Morgan fingerprint density at radius 2 is 2.40 bits per heavy atom. The van der Waals surface area contributed by atoms with Crippen molar-refractivity contribution in [2.75, 3.05) is 6.61 Å². The summed E-state index contributed by atoms with van der Waals surface area (Å²) in [5, 5.41) is 8.80. The number of thiol groups is 1. The number of nitrogens with two attached hydrogens (primary N) is 1. The minimum absolute atomic E-state index is 0.261. The normalized spacial score (nSPS) is 27.2. The van der Waals surface area contributed by atoms with Crippen LogP contribution in [0.5, 0.6) is 0 Å². The van der Waals surface area contributed by atoms with Gasteiger partial charge in [-0.05, 0) is 25.2 Å². The highest BCUT2D eigenvalue weighted by atomic mass is 32.1. The highest BCUT2D eigenvalue weighted by Crippen LogP contribution is 2.28. The molecule has 0 aromatic heterocycles. The van der Waals surface area contributed by atoms with Crippen molar-refractivity contribution in [3.05, 3.63) is 10.6 Å². The predicted octanol–water partition coefficient (Wildman–Crippen LogP) is 0.879. The Morgan fingerprint density at radius 1 is 1.70 bits per heavy atom. The van der Waals surface area contributed by atoms with Crippen LogP contribution in [-0.2, 0) is 0 Å². The number of rotatable bonds is 1. The molecule has 0 saturated carbocycles. The fourth-order valence-electron chi connectivity index (χ4n) is 1.17. The molecule has 1 rings (SSSR count). The summed E-state index contributed by atoms with van der Waals surface area (Å²) in [4.78, 5) is 0.963. The molecule has 0 amide bonds. The van der Waals surface area contributed by atoms with Crippen LogP contribution in [-0.4, -0.2) is 11.7 Å². The van der Waals surface area contributed by atoms with Crippen LogP contribution in [0, 0.1) is 5.92 Å². The van der Waals surface area contributed by atoms with Gasteiger partial charge in [0.1, 0.15) is 0 Å². The van der Waals surface area contributed by atoms with E-state index in [1.54, 1.807) is 0 Å². The molecule has 2 nitrogen and oxygen atoms in total. The summed E-state index contributed by atoms with van der Waals surface area (Å²) in [7, 11) is 0. The smallest absolute Gasteiger partial charge is 0.0462 e. The van der Waals surface area contributed by atoms with Gasteiger partial charge in [0.2, 0.25) is 0 Å². The first kappa shape index (κ1) is 7.95. The van der Waals surface area contributed by atoms with Crippen molar-refractivity contribution in [1.29, 1.82) is 0 Å². The van der Waals surface area contributed by atoms with Gasteiger partial charge in [-0.25, -0.2) is 0 Å². The third-order valence-electron chi connectivity index (χ3n) is 1.93. The van der Waals surface area contributed by atoms with E-state index in [4.69, 9.17) is 10.8 Å². The van der Waals surface area contributed by atoms with Crippen molar-refractivity contribution in [3.8, 4) is 0 Å². The molecule has 0 aromatic rings. The van der Waals surface area contributed by atoms with Gasteiger partial charge in [0.15, 0.2) is 0 Å². The first-order valence-electron chi connectivity index (χ1n) is 3.51. The van der Waals surface area contributed by atoms with Crippen molar-refractivity contribution < 1.29 is 5.11 Å². The minimum atomic E-state index is 0.261. The molecule has 0 aromatic carbocycles. The lowest BCUT2D eigenvalue weighted by Crippen LogP contribution is -2.15. The first-order valence-corrected chi connectivity index (χ1v) is 3.96. The van der Waals surface area contributed by atoms with Crippen LogP contribution in [0.3, 0.4) is 0 Å². The highest BCUT2D eigenvalue weighted by Gasteiger charge is 2.16. The maximum absolute atomic E-state index is 8.80. The molecule has 0 heterocycles. The summed E-state index contributed by atoms with van der Waals surface area (Å²) in [5.74, 6) is 0.389. The quantitative estimate of drug-likeness (QED) is 0.497. The molecule has 3 N–H and O–H groups in total. The molecule has 1 aliphatic rings. The lowest BCUT2D eigenvalue weighted by Gasteiger charge is -2.20. The summed E-state index contributed by atoms with van der Waals surface area (Å²) >= 11 is 4.21. The third-order valence-corrected chi connectivity index (χ3v) is 2.40. The average molecular weight is 159 g/mol. The lowest BCUT2D eigenvalue weighted by molar-refractivity contribution is 0.215. The number of aliphatic hydroxyl groups is 1. The molecule has 0 saturated heterocycles. The Balaban J connectivity index is 2.54. The second-order valence-corrected chi connectivity index (χ2v) is 3.30. The van der Waals surface area contributed by atoms with Crippen LogP contribution < -0.4 is 5.73 Å². The first-order chi connectivity index (χ1) is 4.74. The van der Waals surface area contributed by atoms with Crippen LogP contribution in [0.25, 0.3) is 0 Å². The average Bonchev–Trinajstić information content (AvgIpc) is 1.95. The summed E-state index contributed by atoms with van der Waals surface area (Å²) < 4.78 is 0.